The van der Waals surface area contributed by atoms with E-state index in [0.29, 0.717) is 19.6 Å². The number of quaternary nitrogens is 1. The molecule has 5 heteroatoms. The Morgan fingerprint density at radius 2 is 1.92 bits per heavy atom. The second kappa shape index (κ2) is 9.79. The maximum Gasteiger partial charge on any atom is 0.279 e. The number of piperazine rings is 1. The molecule has 1 aromatic rings. The van der Waals surface area contributed by atoms with Gasteiger partial charge in [0.25, 0.3) is 5.91 Å². The van der Waals surface area contributed by atoms with E-state index in [1.165, 1.54) is 4.90 Å². The van der Waals surface area contributed by atoms with Crippen LogP contribution in [-0.4, -0.2) is 49.4 Å². The Bertz CT molecular complexity index is 644. The normalized spacial score (nSPS) is 15.8. The van der Waals surface area contributed by atoms with Crippen molar-refractivity contribution in [3.05, 3.63) is 54.1 Å². The summed E-state index contributed by atoms with van der Waals surface area (Å²) >= 11 is 0. The zero-order valence-electron chi connectivity index (χ0n) is 15.1. The highest BCUT2D eigenvalue weighted by molar-refractivity contribution is 5.92. The molecule has 1 fully saturated rings. The number of nitrogens with one attached hydrogen (secondary N) is 2. The fourth-order valence-electron chi connectivity index (χ4n) is 2.95. The molecule has 5 nitrogen and oxygen atoms in total. The maximum atomic E-state index is 12.3. The van der Waals surface area contributed by atoms with Crippen LogP contribution in [0.15, 0.2) is 48.6 Å². The lowest BCUT2D eigenvalue weighted by molar-refractivity contribution is -0.895. The molecule has 0 aliphatic carbocycles. The van der Waals surface area contributed by atoms with E-state index in [-0.39, 0.29) is 11.8 Å². The van der Waals surface area contributed by atoms with Crippen LogP contribution in [0.2, 0.25) is 0 Å². The average Bonchev–Trinajstić information content (AvgIpc) is 2.63. The third-order valence-electron chi connectivity index (χ3n) is 4.41. The van der Waals surface area contributed by atoms with E-state index in [9.17, 15) is 9.59 Å². The number of benzene rings is 1. The molecule has 1 heterocycles. The van der Waals surface area contributed by atoms with Gasteiger partial charge in [-0.25, -0.2) is 0 Å². The zero-order valence-corrected chi connectivity index (χ0v) is 15.1. The molecule has 0 bridgehead atoms. The van der Waals surface area contributed by atoms with Crippen molar-refractivity contribution in [1.29, 1.82) is 0 Å². The second-order valence-corrected chi connectivity index (χ2v) is 6.20. The van der Waals surface area contributed by atoms with Crippen molar-refractivity contribution in [2.24, 2.45) is 0 Å². The van der Waals surface area contributed by atoms with Crippen LogP contribution in [-0.2, 0) is 16.0 Å². The summed E-state index contributed by atoms with van der Waals surface area (Å²) in [5.74, 6) is 0.0714. The first-order valence-corrected chi connectivity index (χ1v) is 8.93. The van der Waals surface area contributed by atoms with Crippen molar-refractivity contribution in [3.63, 3.8) is 0 Å². The number of amides is 2. The summed E-state index contributed by atoms with van der Waals surface area (Å²) in [5, 5.41) is 3.02. The van der Waals surface area contributed by atoms with E-state index in [4.69, 9.17) is 0 Å². The Morgan fingerprint density at radius 1 is 1.20 bits per heavy atom. The van der Waals surface area contributed by atoms with Crippen LogP contribution < -0.4 is 10.2 Å². The molecule has 2 rings (SSSR count). The first kappa shape index (κ1) is 18.9. The largest absolute Gasteiger partial charge is 0.328 e. The lowest BCUT2D eigenvalue weighted by Gasteiger charge is -2.31. The predicted molar refractivity (Wildman–Crippen MR) is 101 cm³/mol. The summed E-state index contributed by atoms with van der Waals surface area (Å²) in [6, 6.07) is 7.90. The van der Waals surface area contributed by atoms with Crippen LogP contribution in [0.3, 0.4) is 0 Å². The minimum absolute atomic E-state index is 0.0312. The van der Waals surface area contributed by atoms with Gasteiger partial charge in [0.15, 0.2) is 6.54 Å². The summed E-state index contributed by atoms with van der Waals surface area (Å²) in [6.45, 7) is 7.41. The number of aryl methyl sites for hydroxylation is 1. The predicted octanol–water partition coefficient (Wildman–Crippen LogP) is 1.05. The minimum Gasteiger partial charge on any atom is -0.328 e. The van der Waals surface area contributed by atoms with Crippen LogP contribution in [0.1, 0.15) is 19.4 Å². The van der Waals surface area contributed by atoms with Gasteiger partial charge in [0.05, 0.1) is 26.2 Å². The lowest BCUT2D eigenvalue weighted by Crippen LogP contribution is -3.15. The molecule has 0 aromatic heterocycles. The van der Waals surface area contributed by atoms with E-state index < -0.39 is 0 Å². The highest BCUT2D eigenvalue weighted by Gasteiger charge is 2.24. The number of carbonyl (C=O) groups excluding carboxylic acids is 2. The molecule has 25 heavy (non-hydrogen) atoms. The summed E-state index contributed by atoms with van der Waals surface area (Å²) < 4.78 is 0. The molecule has 2 N–H and O–H groups in total. The Balaban J connectivity index is 1.79. The highest BCUT2D eigenvalue weighted by atomic mass is 16.2. The number of nitrogens with zero attached hydrogens (tertiary/aromatic N) is 1. The lowest BCUT2D eigenvalue weighted by atomic mass is 10.1. The number of allylic oxidation sites excluding steroid dienone is 3. The van der Waals surface area contributed by atoms with Crippen LogP contribution in [0.5, 0.6) is 0 Å². The smallest absolute Gasteiger partial charge is 0.279 e. The van der Waals surface area contributed by atoms with Gasteiger partial charge in [-0.15, -0.1) is 0 Å². The molecule has 1 aliphatic rings. The first-order chi connectivity index (χ1) is 12.1. The molecule has 0 atom stereocenters. The van der Waals surface area contributed by atoms with Crippen LogP contribution in [0.4, 0.5) is 5.69 Å². The number of rotatable bonds is 6. The van der Waals surface area contributed by atoms with Gasteiger partial charge < -0.3 is 15.1 Å². The number of carbonyl (C=O) groups is 2. The molecule has 1 saturated heterocycles. The molecule has 0 spiro atoms. The Morgan fingerprint density at radius 3 is 2.60 bits per heavy atom. The molecule has 0 saturated carbocycles. The molecule has 1 aromatic carbocycles. The Kier molecular flexibility index (Phi) is 7.41. The van der Waals surface area contributed by atoms with Gasteiger partial charge in [0.2, 0.25) is 5.91 Å². The van der Waals surface area contributed by atoms with Crippen molar-refractivity contribution in [1.82, 2.24) is 4.90 Å². The minimum atomic E-state index is 0.0312. The fourth-order valence-corrected chi connectivity index (χ4v) is 2.95. The van der Waals surface area contributed by atoms with Crippen molar-refractivity contribution < 1.29 is 14.5 Å². The van der Waals surface area contributed by atoms with E-state index in [0.717, 1.165) is 30.8 Å². The molecular weight excluding hydrogens is 314 g/mol. The number of anilines is 1. The van der Waals surface area contributed by atoms with E-state index in [2.05, 4.69) is 12.2 Å². The fraction of sp³-hybridized carbons (Fsp3) is 0.400. The average molecular weight is 342 g/mol. The number of hydrogen-bond acceptors (Lipinski definition) is 2. The Hall–Kier alpha value is -2.40. The molecular formula is C20H28N3O2+. The monoisotopic (exact) mass is 342 g/mol. The third-order valence-corrected chi connectivity index (χ3v) is 4.41. The van der Waals surface area contributed by atoms with Gasteiger partial charge in [-0.2, -0.15) is 0 Å². The van der Waals surface area contributed by atoms with Gasteiger partial charge in [-0.3, -0.25) is 9.59 Å². The van der Waals surface area contributed by atoms with Crippen molar-refractivity contribution >= 4 is 17.5 Å². The van der Waals surface area contributed by atoms with Gasteiger partial charge in [-0.1, -0.05) is 43.4 Å². The third kappa shape index (κ3) is 5.87. The van der Waals surface area contributed by atoms with Gasteiger partial charge in [0.1, 0.15) is 0 Å². The first-order valence-electron chi connectivity index (χ1n) is 8.93. The zero-order chi connectivity index (χ0) is 18.1. The summed E-state index contributed by atoms with van der Waals surface area (Å²) in [6.07, 6.45) is 7.99. The molecule has 2 amide bonds. The van der Waals surface area contributed by atoms with Crippen LogP contribution in [0.25, 0.3) is 0 Å². The van der Waals surface area contributed by atoms with E-state index in [1.807, 2.05) is 48.2 Å². The number of para-hydroxylation sites is 1. The Labute approximate surface area is 150 Å². The standard InChI is InChI=1S/C20H27N3O2/c1-3-5-6-11-20(25)23-14-12-22(13-15-23)16-19(24)21-18-10-8-7-9-17(18)4-2/h3,5-11H,4,12-16H2,1-2H3,(H,21,24)/p+1/b5-3+,11-6+. The highest BCUT2D eigenvalue weighted by Crippen LogP contribution is 2.14. The molecule has 0 unspecified atom stereocenters. The second-order valence-electron chi connectivity index (χ2n) is 6.20. The van der Waals surface area contributed by atoms with Crippen LogP contribution >= 0.6 is 0 Å². The van der Waals surface area contributed by atoms with Gasteiger partial charge >= 0.3 is 0 Å². The molecule has 1 aliphatic heterocycles. The SMILES string of the molecule is C/C=C/C=C/C(=O)N1CC[NH+](CC(=O)Nc2ccccc2CC)CC1. The number of hydrogen-bond donors (Lipinski definition) is 2. The summed E-state index contributed by atoms with van der Waals surface area (Å²) in [7, 11) is 0. The topological polar surface area (TPSA) is 53.9 Å². The van der Waals surface area contributed by atoms with Crippen LogP contribution in [0, 0.1) is 0 Å². The van der Waals surface area contributed by atoms with E-state index in [1.54, 1.807) is 12.2 Å². The van der Waals surface area contributed by atoms with Gasteiger partial charge in [0, 0.05) is 11.8 Å². The summed E-state index contributed by atoms with van der Waals surface area (Å²) in [4.78, 5) is 27.4. The van der Waals surface area contributed by atoms with E-state index >= 15 is 0 Å². The molecule has 0 radical (unpaired) electrons. The van der Waals surface area contributed by atoms with Gasteiger partial charge in [-0.05, 0) is 25.0 Å². The van der Waals surface area contributed by atoms with Crippen molar-refractivity contribution in [3.8, 4) is 0 Å². The quantitative estimate of drug-likeness (QED) is 0.600. The van der Waals surface area contributed by atoms with Crippen molar-refractivity contribution in [2.45, 2.75) is 20.3 Å². The molecule has 134 valence electrons. The van der Waals surface area contributed by atoms with Crippen molar-refractivity contribution in [2.75, 3.05) is 38.0 Å². The maximum absolute atomic E-state index is 12.3. The summed E-state index contributed by atoms with van der Waals surface area (Å²) in [5.41, 5.74) is 2.05.